The van der Waals surface area contributed by atoms with E-state index in [1.807, 2.05) is 19.0 Å². The zero-order valence-electron chi connectivity index (χ0n) is 9.58. The van der Waals surface area contributed by atoms with Crippen LogP contribution in [0.15, 0.2) is 12.1 Å². The number of alkyl halides is 3. The Morgan fingerprint density at radius 2 is 2.00 bits per heavy atom. The van der Waals surface area contributed by atoms with Crippen molar-refractivity contribution in [3.63, 3.8) is 0 Å². The number of likely N-dealkylation sites (N-methyl/N-ethyl adjacent to an activating group) is 1. The molecule has 0 saturated heterocycles. The molecule has 0 spiro atoms. The number of aromatic nitrogens is 1. The molecule has 0 radical (unpaired) electrons. The number of halogens is 3. The third-order valence-electron chi connectivity index (χ3n) is 1.94. The number of ether oxygens (including phenoxy) is 1. The minimum atomic E-state index is -4.45. The largest absolute Gasteiger partial charge is 0.476 e. The fourth-order valence-electron chi connectivity index (χ4n) is 1.10. The molecule has 0 aliphatic heterocycles. The first-order valence-electron chi connectivity index (χ1n) is 4.91. The zero-order chi connectivity index (χ0) is 13.1. The van der Waals surface area contributed by atoms with Gasteiger partial charge in [-0.2, -0.15) is 18.2 Å². The van der Waals surface area contributed by atoms with Crippen LogP contribution in [0.1, 0.15) is 5.56 Å². The van der Waals surface area contributed by atoms with E-state index in [1.54, 1.807) is 0 Å². The predicted octanol–water partition coefficient (Wildman–Crippen LogP) is 1.62. The zero-order valence-corrected chi connectivity index (χ0v) is 9.58. The summed E-state index contributed by atoms with van der Waals surface area (Å²) >= 11 is 0. The lowest BCUT2D eigenvalue weighted by molar-refractivity contribution is -0.137. The second-order valence-electron chi connectivity index (χ2n) is 3.77. The Hall–Kier alpha value is -1.50. The highest BCUT2D eigenvalue weighted by Gasteiger charge is 2.31. The van der Waals surface area contributed by atoms with E-state index in [1.165, 1.54) is 0 Å². The summed E-state index contributed by atoms with van der Waals surface area (Å²) in [5.41, 5.74) is 4.43. The van der Waals surface area contributed by atoms with Crippen molar-refractivity contribution in [3.05, 3.63) is 17.7 Å². The lowest BCUT2D eigenvalue weighted by Gasteiger charge is -2.12. The monoisotopic (exact) mass is 249 g/mol. The van der Waals surface area contributed by atoms with Crippen LogP contribution in [-0.4, -0.2) is 37.1 Å². The maximum absolute atomic E-state index is 12.5. The maximum atomic E-state index is 12.5. The van der Waals surface area contributed by atoms with Gasteiger partial charge in [-0.25, -0.2) is 0 Å². The van der Waals surface area contributed by atoms with Gasteiger partial charge in [-0.3, -0.25) is 0 Å². The molecule has 17 heavy (non-hydrogen) atoms. The Morgan fingerprint density at radius 3 is 2.53 bits per heavy atom. The first-order chi connectivity index (χ1) is 7.79. The van der Waals surface area contributed by atoms with Crippen molar-refractivity contribution < 1.29 is 17.9 Å². The fraction of sp³-hybridized carbons (Fsp3) is 0.500. The third-order valence-corrected chi connectivity index (χ3v) is 1.94. The highest BCUT2D eigenvalue weighted by atomic mass is 19.4. The van der Waals surface area contributed by atoms with E-state index >= 15 is 0 Å². The van der Waals surface area contributed by atoms with E-state index in [2.05, 4.69) is 4.98 Å². The number of nitrogen functional groups attached to an aromatic ring is 1. The number of nitrogens with zero attached hydrogens (tertiary/aromatic N) is 2. The topological polar surface area (TPSA) is 51.4 Å². The molecule has 0 atom stereocenters. The molecule has 0 bridgehead atoms. The Kier molecular flexibility index (Phi) is 4.17. The number of nitrogens with two attached hydrogens (primary N) is 1. The molecule has 0 unspecified atom stereocenters. The minimum Gasteiger partial charge on any atom is -0.476 e. The number of hydrogen-bond donors (Lipinski definition) is 1. The van der Waals surface area contributed by atoms with Gasteiger partial charge in [-0.05, 0) is 20.2 Å². The molecule has 1 heterocycles. The van der Waals surface area contributed by atoms with E-state index in [4.69, 9.17) is 10.5 Å². The Bertz CT molecular complexity index is 380. The first-order valence-corrected chi connectivity index (χ1v) is 4.91. The van der Waals surface area contributed by atoms with Gasteiger partial charge in [0.1, 0.15) is 12.4 Å². The van der Waals surface area contributed by atoms with Gasteiger partial charge in [-0.1, -0.05) is 0 Å². The van der Waals surface area contributed by atoms with E-state index in [9.17, 15) is 13.2 Å². The van der Waals surface area contributed by atoms with Crippen LogP contribution in [0.5, 0.6) is 5.88 Å². The smallest absolute Gasteiger partial charge is 0.416 e. The van der Waals surface area contributed by atoms with Crippen molar-refractivity contribution in [1.82, 2.24) is 9.88 Å². The van der Waals surface area contributed by atoms with Crippen molar-refractivity contribution in [3.8, 4) is 5.88 Å². The molecule has 0 aromatic carbocycles. The van der Waals surface area contributed by atoms with E-state index in [0.717, 1.165) is 12.1 Å². The molecular weight excluding hydrogens is 235 g/mol. The van der Waals surface area contributed by atoms with Gasteiger partial charge in [-0.15, -0.1) is 0 Å². The van der Waals surface area contributed by atoms with Crippen LogP contribution in [0.25, 0.3) is 0 Å². The molecule has 0 saturated carbocycles. The lowest BCUT2D eigenvalue weighted by atomic mass is 10.2. The van der Waals surface area contributed by atoms with Crippen molar-refractivity contribution in [2.45, 2.75) is 6.18 Å². The number of rotatable bonds is 4. The average Bonchev–Trinajstić information content (AvgIpc) is 2.14. The summed E-state index contributed by atoms with van der Waals surface area (Å²) in [6.07, 6.45) is -4.45. The van der Waals surface area contributed by atoms with Crippen LogP contribution in [-0.2, 0) is 6.18 Å². The highest BCUT2D eigenvalue weighted by Crippen LogP contribution is 2.31. The summed E-state index contributed by atoms with van der Waals surface area (Å²) in [7, 11) is 3.66. The van der Waals surface area contributed by atoms with E-state index in [-0.39, 0.29) is 18.3 Å². The van der Waals surface area contributed by atoms with Crippen LogP contribution < -0.4 is 10.5 Å². The van der Waals surface area contributed by atoms with Gasteiger partial charge >= 0.3 is 6.18 Å². The van der Waals surface area contributed by atoms with E-state index < -0.39 is 11.7 Å². The molecule has 2 N–H and O–H groups in total. The van der Waals surface area contributed by atoms with Crippen LogP contribution >= 0.6 is 0 Å². The van der Waals surface area contributed by atoms with Crippen molar-refractivity contribution >= 4 is 5.82 Å². The van der Waals surface area contributed by atoms with Crippen molar-refractivity contribution in [2.24, 2.45) is 0 Å². The summed E-state index contributed by atoms with van der Waals surface area (Å²) in [6.45, 7) is 0.832. The van der Waals surface area contributed by atoms with Crippen molar-refractivity contribution in [2.75, 3.05) is 33.0 Å². The Labute approximate surface area is 97.2 Å². The Morgan fingerprint density at radius 1 is 1.35 bits per heavy atom. The lowest BCUT2D eigenvalue weighted by Crippen LogP contribution is -2.20. The van der Waals surface area contributed by atoms with Crippen LogP contribution in [0.2, 0.25) is 0 Å². The summed E-state index contributed by atoms with van der Waals surface area (Å²) in [5.74, 6) is -0.321. The normalized spacial score (nSPS) is 11.9. The van der Waals surface area contributed by atoms with Gasteiger partial charge in [0.15, 0.2) is 0 Å². The molecule has 7 heteroatoms. The quantitative estimate of drug-likeness (QED) is 0.881. The van der Waals surface area contributed by atoms with E-state index in [0.29, 0.717) is 6.54 Å². The molecule has 1 aromatic heterocycles. The second-order valence-corrected chi connectivity index (χ2v) is 3.77. The average molecular weight is 249 g/mol. The third kappa shape index (κ3) is 4.48. The molecule has 0 fully saturated rings. The fourth-order valence-corrected chi connectivity index (χ4v) is 1.10. The SMILES string of the molecule is CN(C)CCOc1cc(C(F)(F)F)cc(N)n1. The molecule has 96 valence electrons. The molecule has 0 aliphatic rings. The summed E-state index contributed by atoms with van der Waals surface area (Å²) in [4.78, 5) is 5.53. The Balaban J connectivity index is 2.76. The summed E-state index contributed by atoms with van der Waals surface area (Å²) in [5, 5.41) is 0. The molecule has 4 nitrogen and oxygen atoms in total. The van der Waals surface area contributed by atoms with Gasteiger partial charge in [0.2, 0.25) is 5.88 Å². The second kappa shape index (κ2) is 5.22. The number of pyridine rings is 1. The first kappa shape index (κ1) is 13.6. The summed E-state index contributed by atoms with van der Waals surface area (Å²) < 4.78 is 42.5. The highest BCUT2D eigenvalue weighted by molar-refractivity contribution is 5.38. The van der Waals surface area contributed by atoms with Crippen LogP contribution in [0.4, 0.5) is 19.0 Å². The standard InChI is InChI=1S/C10H14F3N3O/c1-16(2)3-4-17-9-6-7(10(11,12)13)5-8(14)15-9/h5-6H,3-4H2,1-2H3,(H2,14,15). The summed E-state index contributed by atoms with van der Waals surface area (Å²) in [6, 6.07) is 1.62. The minimum absolute atomic E-state index is 0.112. The maximum Gasteiger partial charge on any atom is 0.416 e. The molecular formula is C10H14F3N3O. The molecule has 1 rings (SSSR count). The molecule has 1 aromatic rings. The number of anilines is 1. The molecule has 0 aliphatic carbocycles. The number of hydrogen-bond acceptors (Lipinski definition) is 4. The molecule has 0 amide bonds. The van der Waals surface area contributed by atoms with Gasteiger partial charge in [0.05, 0.1) is 5.56 Å². The van der Waals surface area contributed by atoms with Gasteiger partial charge in [0, 0.05) is 12.6 Å². The van der Waals surface area contributed by atoms with Crippen molar-refractivity contribution in [1.29, 1.82) is 0 Å². The van der Waals surface area contributed by atoms with Crippen LogP contribution in [0.3, 0.4) is 0 Å². The van der Waals surface area contributed by atoms with Gasteiger partial charge < -0.3 is 15.4 Å². The van der Waals surface area contributed by atoms with Crippen LogP contribution in [0, 0.1) is 0 Å². The predicted molar refractivity (Wildman–Crippen MR) is 57.7 cm³/mol. The van der Waals surface area contributed by atoms with Gasteiger partial charge in [0.25, 0.3) is 0 Å².